The van der Waals surface area contributed by atoms with Gasteiger partial charge in [0.05, 0.1) is 14.7 Å². The standard InChI is InChI=1S/C33H34O8S5/c34-44(35)32-25-30(45(36,37)40-42(20-7-8-21-42)28-13-3-1-4-14-28)19-18-26(32)24-27-12-11-17-31(33(27)44)46(38,39)41-43(22-9-10-23-43)29-15-5-2-6-16-29/h1-6,11-19,25H,7-10,20-24H2. The van der Waals surface area contributed by atoms with Gasteiger partial charge in [0.1, 0.15) is 4.90 Å². The lowest BCUT2D eigenvalue weighted by atomic mass is 10.0. The average molecular weight is 719 g/mol. The van der Waals surface area contributed by atoms with Gasteiger partial charge in [0.15, 0.2) is 0 Å². The summed E-state index contributed by atoms with van der Waals surface area (Å²) in [5.74, 6) is 2.32. The summed E-state index contributed by atoms with van der Waals surface area (Å²) in [6.07, 6.45) is 3.41. The van der Waals surface area contributed by atoms with Crippen molar-refractivity contribution in [3.05, 3.63) is 108 Å². The lowest BCUT2D eigenvalue weighted by Crippen LogP contribution is -2.22. The summed E-state index contributed by atoms with van der Waals surface area (Å²) in [6.45, 7) is 0. The Morgan fingerprint density at radius 3 is 1.61 bits per heavy atom. The van der Waals surface area contributed by atoms with Gasteiger partial charge in [-0.05, 0) is 79.3 Å². The molecule has 4 aromatic rings. The molecular weight excluding hydrogens is 685 g/mol. The second-order valence-corrected chi connectivity index (χ2v) is 23.2. The third-order valence-electron chi connectivity index (χ3n) is 8.78. The molecule has 2 saturated heterocycles. The van der Waals surface area contributed by atoms with Gasteiger partial charge in [-0.15, -0.1) is 0 Å². The minimum absolute atomic E-state index is 0.115. The van der Waals surface area contributed by atoms with E-state index in [1.54, 1.807) is 6.07 Å². The van der Waals surface area contributed by atoms with Crippen LogP contribution in [0.1, 0.15) is 36.8 Å². The smallest absolute Gasteiger partial charge is 0.218 e. The van der Waals surface area contributed by atoms with Gasteiger partial charge in [0.2, 0.25) is 9.84 Å². The Balaban J connectivity index is 1.27. The van der Waals surface area contributed by atoms with E-state index in [1.807, 2.05) is 60.7 Å². The highest BCUT2D eigenvalue weighted by Gasteiger charge is 2.42. The van der Waals surface area contributed by atoms with Crippen molar-refractivity contribution in [2.45, 2.75) is 61.5 Å². The average Bonchev–Trinajstić information content (AvgIpc) is 3.72. The van der Waals surface area contributed by atoms with Crippen LogP contribution in [0.4, 0.5) is 0 Å². The van der Waals surface area contributed by atoms with E-state index in [9.17, 15) is 25.3 Å². The number of sulfone groups is 1. The molecule has 0 spiro atoms. The van der Waals surface area contributed by atoms with Crippen molar-refractivity contribution in [3.8, 4) is 0 Å². The number of hydrogen-bond donors (Lipinski definition) is 0. The molecule has 13 heteroatoms. The fourth-order valence-corrected chi connectivity index (χ4v) is 20.6. The number of rotatable bonds is 8. The quantitative estimate of drug-likeness (QED) is 0.169. The van der Waals surface area contributed by atoms with E-state index >= 15 is 0 Å². The van der Waals surface area contributed by atoms with Crippen LogP contribution in [0.25, 0.3) is 0 Å². The molecule has 4 aromatic carbocycles. The van der Waals surface area contributed by atoms with Gasteiger partial charge in [-0.1, -0.05) is 75.2 Å². The summed E-state index contributed by atoms with van der Waals surface area (Å²) in [5, 5.41) is 0. The molecule has 7 rings (SSSR count). The Hall–Kier alpha value is -2.65. The molecule has 2 fully saturated rings. The first kappa shape index (κ1) is 31.9. The highest BCUT2D eigenvalue weighted by atomic mass is 32.3. The number of benzene rings is 4. The van der Waals surface area contributed by atoms with Gasteiger partial charge in [-0.3, -0.25) is 0 Å². The molecular formula is C33H34O8S5. The van der Waals surface area contributed by atoms with E-state index in [4.69, 9.17) is 7.26 Å². The monoisotopic (exact) mass is 718 g/mol. The number of hydrogen-bond acceptors (Lipinski definition) is 8. The Labute approximate surface area is 274 Å². The minimum atomic E-state index is -4.54. The van der Waals surface area contributed by atoms with E-state index in [0.717, 1.165) is 41.5 Å². The predicted molar refractivity (Wildman–Crippen MR) is 180 cm³/mol. The van der Waals surface area contributed by atoms with Crippen molar-refractivity contribution < 1.29 is 32.5 Å². The van der Waals surface area contributed by atoms with E-state index < -0.39 is 55.6 Å². The Morgan fingerprint density at radius 1 is 0.543 bits per heavy atom. The number of fused-ring (bicyclic) bond motifs is 2. The summed E-state index contributed by atoms with van der Waals surface area (Å²) in [6, 6.07) is 26.9. The molecule has 3 heterocycles. The van der Waals surface area contributed by atoms with Crippen molar-refractivity contribution >= 4 is 50.7 Å². The van der Waals surface area contributed by atoms with Crippen LogP contribution in [0, 0.1) is 0 Å². The summed E-state index contributed by atoms with van der Waals surface area (Å²) < 4.78 is 96.4. The van der Waals surface area contributed by atoms with E-state index in [-0.39, 0.29) is 21.1 Å². The fraction of sp³-hybridized carbons (Fsp3) is 0.273. The zero-order valence-electron chi connectivity index (χ0n) is 24.9. The summed E-state index contributed by atoms with van der Waals surface area (Å²) >= 11 is 0. The van der Waals surface area contributed by atoms with Crippen LogP contribution in [0.5, 0.6) is 0 Å². The molecule has 244 valence electrons. The highest BCUT2D eigenvalue weighted by molar-refractivity contribution is 8.33. The molecule has 3 aliphatic rings. The SMILES string of the molecule is O=S(=O)(OS1(c2ccccc2)CCCC1)c1ccc2c(c1)S(=O)(=O)c1c(cccc1S(=O)(=O)OS1(c3ccccc3)CCCC1)C2. The van der Waals surface area contributed by atoms with Crippen LogP contribution in [0.3, 0.4) is 0 Å². The van der Waals surface area contributed by atoms with Gasteiger partial charge in [-0.2, -0.15) is 16.8 Å². The first-order valence-corrected chi connectivity index (χ1v) is 23.1. The summed E-state index contributed by atoms with van der Waals surface area (Å²) in [4.78, 5) is 0.343. The zero-order chi connectivity index (χ0) is 32.2. The normalized spacial score (nSPS) is 21.1. The fourth-order valence-electron chi connectivity index (χ4n) is 6.59. The van der Waals surface area contributed by atoms with E-state index in [2.05, 4.69) is 0 Å². The Morgan fingerprint density at radius 2 is 1.07 bits per heavy atom. The maximum atomic E-state index is 14.3. The lowest BCUT2D eigenvalue weighted by molar-refractivity contribution is 0.504. The third-order valence-corrected chi connectivity index (χ3v) is 22.2. The van der Waals surface area contributed by atoms with Crippen LogP contribution in [0.15, 0.2) is 126 Å². The van der Waals surface area contributed by atoms with Crippen LogP contribution in [-0.2, 0) is 43.8 Å². The molecule has 0 aliphatic carbocycles. The summed E-state index contributed by atoms with van der Waals surface area (Å²) in [5.41, 5.74) is 0.702. The maximum Gasteiger partial charge on any atom is 0.307 e. The largest absolute Gasteiger partial charge is 0.307 e. The second kappa shape index (κ2) is 11.8. The van der Waals surface area contributed by atoms with Crippen molar-refractivity contribution in [2.75, 3.05) is 23.0 Å². The van der Waals surface area contributed by atoms with Crippen molar-refractivity contribution in [2.24, 2.45) is 0 Å². The zero-order valence-corrected chi connectivity index (χ0v) is 29.0. The Bertz CT molecular complexity index is 2120. The molecule has 0 bridgehead atoms. The summed E-state index contributed by atoms with van der Waals surface area (Å²) in [7, 11) is -17.7. The molecule has 0 unspecified atom stereocenters. The maximum absolute atomic E-state index is 14.3. The topological polar surface area (TPSA) is 121 Å². The Kier molecular flexibility index (Phi) is 8.19. The molecule has 0 atom stereocenters. The lowest BCUT2D eigenvalue weighted by Gasteiger charge is -2.35. The van der Waals surface area contributed by atoms with Gasteiger partial charge in [-0.25, -0.2) is 15.7 Å². The van der Waals surface area contributed by atoms with E-state index in [0.29, 0.717) is 34.1 Å². The molecule has 0 amide bonds. The highest BCUT2D eigenvalue weighted by Crippen LogP contribution is 2.64. The molecule has 46 heavy (non-hydrogen) atoms. The van der Waals surface area contributed by atoms with Crippen LogP contribution in [-0.4, -0.2) is 48.3 Å². The van der Waals surface area contributed by atoms with E-state index in [1.165, 1.54) is 24.3 Å². The van der Waals surface area contributed by atoms with Crippen LogP contribution in [0.2, 0.25) is 0 Å². The van der Waals surface area contributed by atoms with Crippen molar-refractivity contribution in [3.63, 3.8) is 0 Å². The van der Waals surface area contributed by atoms with Gasteiger partial charge in [0, 0.05) is 39.2 Å². The molecule has 8 nitrogen and oxygen atoms in total. The molecule has 3 aliphatic heterocycles. The molecule has 0 aromatic heterocycles. The van der Waals surface area contributed by atoms with Gasteiger partial charge < -0.3 is 0 Å². The first-order valence-electron chi connectivity index (χ1n) is 15.1. The first-order chi connectivity index (χ1) is 22.0. The van der Waals surface area contributed by atoms with Gasteiger partial charge >= 0.3 is 20.2 Å². The van der Waals surface area contributed by atoms with Gasteiger partial charge in [0.25, 0.3) is 0 Å². The molecule has 0 N–H and O–H groups in total. The minimum Gasteiger partial charge on any atom is -0.218 e. The predicted octanol–water partition coefficient (Wildman–Crippen LogP) is 6.98. The van der Waals surface area contributed by atoms with Crippen LogP contribution < -0.4 is 0 Å². The molecule has 0 radical (unpaired) electrons. The van der Waals surface area contributed by atoms with Crippen molar-refractivity contribution in [1.82, 2.24) is 0 Å². The molecule has 0 saturated carbocycles. The van der Waals surface area contributed by atoms with Crippen molar-refractivity contribution in [1.29, 1.82) is 0 Å². The third kappa shape index (κ3) is 5.53. The van der Waals surface area contributed by atoms with Crippen LogP contribution >= 0.6 is 20.6 Å². The second-order valence-electron chi connectivity index (χ2n) is 11.7.